The van der Waals surface area contributed by atoms with E-state index < -0.39 is 0 Å². The number of ether oxygens (including phenoxy) is 2. The lowest BCUT2D eigenvalue weighted by Gasteiger charge is -2.13. The van der Waals surface area contributed by atoms with Crippen molar-refractivity contribution in [1.82, 2.24) is 14.8 Å². The van der Waals surface area contributed by atoms with E-state index in [1.165, 1.54) is 16.7 Å². The molecule has 3 aromatic carbocycles. The molecule has 5 nitrogen and oxygen atoms in total. The van der Waals surface area contributed by atoms with Gasteiger partial charge in [0.2, 0.25) is 0 Å². The lowest BCUT2D eigenvalue weighted by Crippen LogP contribution is -2.03. The van der Waals surface area contributed by atoms with Gasteiger partial charge in [0, 0.05) is 11.1 Å². The molecule has 0 amide bonds. The van der Waals surface area contributed by atoms with Crippen molar-refractivity contribution in [1.29, 1.82) is 0 Å². The van der Waals surface area contributed by atoms with Gasteiger partial charge in [-0.05, 0) is 41.8 Å². The molecule has 0 atom stereocenters. The molecule has 0 spiro atoms. The van der Waals surface area contributed by atoms with Crippen molar-refractivity contribution in [2.24, 2.45) is 0 Å². The van der Waals surface area contributed by atoms with Gasteiger partial charge in [-0.2, -0.15) is 0 Å². The highest BCUT2D eigenvalue weighted by Crippen LogP contribution is 2.32. The van der Waals surface area contributed by atoms with Gasteiger partial charge in [-0.3, -0.25) is 4.57 Å². The number of hydrogen-bond donors (Lipinski definition) is 0. The van der Waals surface area contributed by atoms with Crippen LogP contribution in [0.2, 0.25) is 0 Å². The largest absolute Gasteiger partial charge is 0.497 e. The van der Waals surface area contributed by atoms with Gasteiger partial charge in [-0.25, -0.2) is 0 Å². The summed E-state index contributed by atoms with van der Waals surface area (Å²) in [6.07, 6.45) is 0. The van der Waals surface area contributed by atoms with Crippen molar-refractivity contribution < 1.29 is 9.47 Å². The predicted octanol–water partition coefficient (Wildman–Crippen LogP) is 4.95. The van der Waals surface area contributed by atoms with Crippen LogP contribution >= 0.6 is 0 Å². The van der Waals surface area contributed by atoms with Crippen LogP contribution in [0.3, 0.4) is 0 Å². The van der Waals surface area contributed by atoms with Crippen molar-refractivity contribution in [3.63, 3.8) is 0 Å². The average molecular weight is 383 g/mol. The van der Waals surface area contributed by atoms with Gasteiger partial charge >= 0.3 is 0 Å². The molecule has 0 unspecified atom stereocenters. The Labute approximate surface area is 169 Å². The zero-order valence-electron chi connectivity index (χ0n) is 16.4. The highest BCUT2D eigenvalue weighted by atomic mass is 16.5. The van der Waals surface area contributed by atoms with Crippen molar-refractivity contribution >= 4 is 0 Å². The normalized spacial score (nSPS) is 12.8. The molecule has 0 saturated carbocycles. The summed E-state index contributed by atoms with van der Waals surface area (Å²) in [5, 5.41) is 8.86. The van der Waals surface area contributed by atoms with E-state index in [2.05, 4.69) is 70.2 Å². The van der Waals surface area contributed by atoms with Gasteiger partial charge in [-0.15, -0.1) is 10.2 Å². The highest BCUT2D eigenvalue weighted by Gasteiger charge is 2.21. The first-order valence-electron chi connectivity index (χ1n) is 9.60. The molecule has 1 aliphatic rings. The molecule has 0 saturated heterocycles. The molecule has 5 heteroatoms. The molecule has 2 heterocycles. The molecule has 5 rings (SSSR count). The van der Waals surface area contributed by atoms with Crippen LogP contribution in [0.5, 0.6) is 5.75 Å². The van der Waals surface area contributed by atoms with Gasteiger partial charge in [0.05, 0.1) is 19.4 Å². The first kappa shape index (κ1) is 17.6. The third kappa shape index (κ3) is 3.09. The monoisotopic (exact) mass is 383 g/mol. The van der Waals surface area contributed by atoms with E-state index in [0.29, 0.717) is 13.2 Å². The molecular formula is C24H21N3O2. The minimum atomic E-state index is 0.422. The SMILES string of the molecule is COc1ccc2c(c1)COCc1nnc(-c3ccc(-c4ccccc4C)cc3)n1-2. The molecule has 4 aromatic rings. The second-order valence-electron chi connectivity index (χ2n) is 7.15. The Balaban J connectivity index is 1.59. The lowest BCUT2D eigenvalue weighted by molar-refractivity contribution is 0.105. The maximum atomic E-state index is 5.81. The van der Waals surface area contributed by atoms with E-state index in [-0.39, 0.29) is 0 Å². The standard InChI is InChI=1S/C24H21N3O2/c1-16-5-3-4-6-21(16)17-7-9-18(10-8-17)24-26-25-23-15-29-14-19-13-20(28-2)11-12-22(19)27(23)24/h3-13H,14-15H2,1-2H3. The molecule has 0 bridgehead atoms. The van der Waals surface area contributed by atoms with Crippen LogP contribution in [0.4, 0.5) is 0 Å². The zero-order valence-corrected chi connectivity index (χ0v) is 16.4. The fourth-order valence-corrected chi connectivity index (χ4v) is 3.82. The van der Waals surface area contributed by atoms with E-state index >= 15 is 0 Å². The smallest absolute Gasteiger partial charge is 0.168 e. The Bertz CT molecular complexity index is 1180. The minimum absolute atomic E-state index is 0.422. The first-order valence-corrected chi connectivity index (χ1v) is 9.60. The Morgan fingerprint density at radius 3 is 2.48 bits per heavy atom. The van der Waals surface area contributed by atoms with Gasteiger partial charge in [0.15, 0.2) is 11.6 Å². The second-order valence-corrected chi connectivity index (χ2v) is 7.15. The summed E-state index contributed by atoms with van der Waals surface area (Å²) < 4.78 is 13.3. The van der Waals surface area contributed by atoms with Gasteiger partial charge in [0.25, 0.3) is 0 Å². The van der Waals surface area contributed by atoms with Crippen LogP contribution < -0.4 is 4.74 Å². The first-order chi connectivity index (χ1) is 14.2. The van der Waals surface area contributed by atoms with Crippen LogP contribution in [-0.2, 0) is 18.0 Å². The molecule has 0 fully saturated rings. The van der Waals surface area contributed by atoms with Crippen molar-refractivity contribution in [2.45, 2.75) is 20.1 Å². The third-order valence-corrected chi connectivity index (χ3v) is 5.35. The second kappa shape index (κ2) is 7.18. The van der Waals surface area contributed by atoms with Crippen molar-refractivity contribution in [3.05, 3.63) is 83.7 Å². The minimum Gasteiger partial charge on any atom is -0.497 e. The zero-order chi connectivity index (χ0) is 19.8. The van der Waals surface area contributed by atoms with Gasteiger partial charge in [0.1, 0.15) is 12.4 Å². The number of hydrogen-bond acceptors (Lipinski definition) is 4. The fraction of sp³-hybridized carbons (Fsp3) is 0.167. The Morgan fingerprint density at radius 1 is 0.897 bits per heavy atom. The summed E-state index contributed by atoms with van der Waals surface area (Å²) in [4.78, 5) is 0. The van der Waals surface area contributed by atoms with Crippen molar-refractivity contribution in [3.8, 4) is 34.0 Å². The van der Waals surface area contributed by atoms with Crippen LogP contribution in [0.1, 0.15) is 17.0 Å². The molecule has 0 aliphatic carbocycles. The molecule has 0 radical (unpaired) electrons. The number of benzene rings is 3. The maximum absolute atomic E-state index is 5.81. The topological polar surface area (TPSA) is 49.2 Å². The number of aryl methyl sites for hydroxylation is 1. The van der Waals surface area contributed by atoms with Gasteiger partial charge < -0.3 is 9.47 Å². The highest BCUT2D eigenvalue weighted by molar-refractivity contribution is 5.71. The van der Waals surface area contributed by atoms with E-state index in [9.17, 15) is 0 Å². The van der Waals surface area contributed by atoms with E-state index in [1.54, 1.807) is 7.11 Å². The number of rotatable bonds is 3. The van der Waals surface area contributed by atoms with E-state index in [1.807, 2.05) is 18.2 Å². The van der Waals surface area contributed by atoms with E-state index in [0.717, 1.165) is 34.2 Å². The predicted molar refractivity (Wildman–Crippen MR) is 112 cm³/mol. The van der Waals surface area contributed by atoms with Crippen molar-refractivity contribution in [2.75, 3.05) is 7.11 Å². The summed E-state index contributed by atoms with van der Waals surface area (Å²) in [7, 11) is 1.67. The molecule has 1 aliphatic heterocycles. The van der Waals surface area contributed by atoms with E-state index in [4.69, 9.17) is 9.47 Å². The van der Waals surface area contributed by atoms with Gasteiger partial charge in [-0.1, -0.05) is 48.5 Å². The lowest BCUT2D eigenvalue weighted by atomic mass is 9.99. The molecule has 1 aromatic heterocycles. The Morgan fingerprint density at radius 2 is 1.69 bits per heavy atom. The van der Waals surface area contributed by atoms with Crippen LogP contribution in [-0.4, -0.2) is 21.9 Å². The summed E-state index contributed by atoms with van der Waals surface area (Å²) >= 11 is 0. The fourth-order valence-electron chi connectivity index (χ4n) is 3.82. The molecular weight excluding hydrogens is 362 g/mol. The number of nitrogens with zero attached hydrogens (tertiary/aromatic N) is 3. The Kier molecular flexibility index (Phi) is 4.37. The summed E-state index contributed by atoms with van der Waals surface area (Å²) in [5.74, 6) is 2.42. The number of methoxy groups -OCH3 is 1. The molecule has 29 heavy (non-hydrogen) atoms. The Hall–Kier alpha value is -3.44. The summed E-state index contributed by atoms with van der Waals surface area (Å²) in [6.45, 7) is 3.07. The van der Waals surface area contributed by atoms with Crippen LogP contribution in [0.15, 0.2) is 66.7 Å². The van der Waals surface area contributed by atoms with Crippen LogP contribution in [0, 0.1) is 6.92 Å². The molecule has 144 valence electrons. The molecule has 0 N–H and O–H groups in total. The maximum Gasteiger partial charge on any atom is 0.168 e. The summed E-state index contributed by atoms with van der Waals surface area (Å²) in [5.41, 5.74) is 6.80. The van der Waals surface area contributed by atoms with Crippen LogP contribution in [0.25, 0.3) is 28.2 Å². The number of aromatic nitrogens is 3. The third-order valence-electron chi connectivity index (χ3n) is 5.35. The quantitative estimate of drug-likeness (QED) is 0.502. The average Bonchev–Trinajstić information content (AvgIpc) is 3.09. The number of fused-ring (bicyclic) bond motifs is 3. The summed E-state index contributed by atoms with van der Waals surface area (Å²) in [6, 6.07) is 22.9.